The van der Waals surface area contributed by atoms with Crippen molar-refractivity contribution >= 4 is 23.2 Å². The molecule has 0 spiro atoms. The number of likely N-dealkylation sites (tertiary alicyclic amines) is 1. The average molecular weight is 310 g/mol. The third-order valence-electron chi connectivity index (χ3n) is 3.98. The number of benzene rings is 1. The lowest BCUT2D eigenvalue weighted by Crippen LogP contribution is -2.42. The van der Waals surface area contributed by atoms with Crippen LogP contribution in [0.1, 0.15) is 32.1 Å². The van der Waals surface area contributed by atoms with Crippen LogP contribution in [0.4, 0.5) is 5.69 Å². The second kappa shape index (κ2) is 8.37. The van der Waals surface area contributed by atoms with Crippen LogP contribution in [0.5, 0.6) is 0 Å². The number of anilines is 1. The Morgan fingerprint density at radius 2 is 2.29 bits per heavy atom. The van der Waals surface area contributed by atoms with E-state index in [4.69, 9.17) is 17.3 Å². The molecule has 0 aliphatic carbocycles. The first-order valence-corrected chi connectivity index (χ1v) is 8.06. The summed E-state index contributed by atoms with van der Waals surface area (Å²) in [6, 6.07) is 7.78. The van der Waals surface area contributed by atoms with Gasteiger partial charge in [0.15, 0.2) is 0 Å². The molecule has 1 aliphatic heterocycles. The number of nitrogens with one attached hydrogen (secondary N) is 1. The molecule has 0 aromatic heterocycles. The molecular weight excluding hydrogens is 286 g/mol. The van der Waals surface area contributed by atoms with Gasteiger partial charge in [0, 0.05) is 29.7 Å². The van der Waals surface area contributed by atoms with Crippen LogP contribution in [0.25, 0.3) is 0 Å². The highest BCUT2D eigenvalue weighted by molar-refractivity contribution is 6.30. The lowest BCUT2D eigenvalue weighted by Gasteiger charge is -2.35. The van der Waals surface area contributed by atoms with Gasteiger partial charge in [0.25, 0.3) is 0 Å². The Morgan fingerprint density at radius 1 is 1.43 bits per heavy atom. The number of piperidine rings is 1. The van der Waals surface area contributed by atoms with E-state index in [1.807, 2.05) is 12.1 Å². The zero-order valence-electron chi connectivity index (χ0n) is 12.4. The van der Waals surface area contributed by atoms with E-state index >= 15 is 0 Å². The van der Waals surface area contributed by atoms with E-state index in [-0.39, 0.29) is 5.91 Å². The molecule has 1 atom stereocenters. The molecule has 1 amide bonds. The number of amides is 1. The normalized spacial score (nSPS) is 19.4. The smallest absolute Gasteiger partial charge is 0.225 e. The first kappa shape index (κ1) is 16.3. The van der Waals surface area contributed by atoms with Crippen molar-refractivity contribution in [3.8, 4) is 0 Å². The van der Waals surface area contributed by atoms with Crippen molar-refractivity contribution < 1.29 is 4.79 Å². The Labute approximate surface area is 131 Å². The van der Waals surface area contributed by atoms with Crippen LogP contribution in [0.15, 0.2) is 24.3 Å². The molecule has 3 N–H and O–H groups in total. The Bertz CT molecular complexity index is 465. The third kappa shape index (κ3) is 5.30. The van der Waals surface area contributed by atoms with Gasteiger partial charge in [-0.3, -0.25) is 9.69 Å². The molecule has 1 unspecified atom stereocenters. The van der Waals surface area contributed by atoms with Crippen LogP contribution in [-0.4, -0.2) is 36.5 Å². The standard InChI is InChI=1S/C16H24ClN3O/c17-13-4-3-5-14(12-13)19-16(21)8-11-20-10-2-1-6-15(20)7-9-18/h3-5,12,15H,1-2,6-11,18H2,(H,19,21). The first-order chi connectivity index (χ1) is 10.2. The fourth-order valence-corrected chi connectivity index (χ4v) is 3.10. The number of halogens is 1. The van der Waals surface area contributed by atoms with Gasteiger partial charge in [0.05, 0.1) is 0 Å². The van der Waals surface area contributed by atoms with Gasteiger partial charge in [-0.2, -0.15) is 0 Å². The number of hydrogen-bond donors (Lipinski definition) is 2. The predicted octanol–water partition coefficient (Wildman–Crippen LogP) is 2.87. The quantitative estimate of drug-likeness (QED) is 0.849. The van der Waals surface area contributed by atoms with E-state index in [1.54, 1.807) is 12.1 Å². The lowest BCUT2D eigenvalue weighted by atomic mass is 9.99. The number of hydrogen-bond acceptors (Lipinski definition) is 3. The van der Waals surface area contributed by atoms with E-state index in [0.717, 1.165) is 31.7 Å². The zero-order valence-corrected chi connectivity index (χ0v) is 13.1. The van der Waals surface area contributed by atoms with E-state index in [0.29, 0.717) is 17.5 Å². The van der Waals surface area contributed by atoms with E-state index < -0.39 is 0 Å². The minimum atomic E-state index is 0.0364. The highest BCUT2D eigenvalue weighted by Gasteiger charge is 2.21. The summed E-state index contributed by atoms with van der Waals surface area (Å²) in [5, 5.41) is 3.53. The maximum Gasteiger partial charge on any atom is 0.225 e. The summed E-state index contributed by atoms with van der Waals surface area (Å²) >= 11 is 5.91. The van der Waals surface area contributed by atoms with Crippen LogP contribution < -0.4 is 11.1 Å². The molecule has 0 saturated carbocycles. The van der Waals surface area contributed by atoms with Crippen molar-refractivity contribution in [3.63, 3.8) is 0 Å². The Kier molecular flexibility index (Phi) is 6.49. The van der Waals surface area contributed by atoms with Crippen molar-refractivity contribution in [3.05, 3.63) is 29.3 Å². The lowest BCUT2D eigenvalue weighted by molar-refractivity contribution is -0.116. The molecule has 21 heavy (non-hydrogen) atoms. The second-order valence-electron chi connectivity index (χ2n) is 5.57. The molecule has 1 heterocycles. The average Bonchev–Trinajstić information content (AvgIpc) is 2.47. The number of nitrogens with two attached hydrogens (primary N) is 1. The van der Waals surface area contributed by atoms with Gasteiger partial charge in [0.1, 0.15) is 0 Å². The largest absolute Gasteiger partial charge is 0.330 e. The summed E-state index contributed by atoms with van der Waals surface area (Å²) in [6.07, 6.45) is 5.23. The van der Waals surface area contributed by atoms with Gasteiger partial charge in [-0.25, -0.2) is 0 Å². The van der Waals surface area contributed by atoms with Gasteiger partial charge >= 0.3 is 0 Å². The minimum absolute atomic E-state index is 0.0364. The predicted molar refractivity (Wildman–Crippen MR) is 87.6 cm³/mol. The SMILES string of the molecule is NCCC1CCCCN1CCC(=O)Nc1cccc(Cl)c1. The topological polar surface area (TPSA) is 58.4 Å². The summed E-state index contributed by atoms with van der Waals surface area (Å²) in [4.78, 5) is 14.4. The molecule has 116 valence electrons. The fraction of sp³-hybridized carbons (Fsp3) is 0.562. The van der Waals surface area contributed by atoms with E-state index in [2.05, 4.69) is 10.2 Å². The summed E-state index contributed by atoms with van der Waals surface area (Å²) in [5.74, 6) is 0.0364. The molecule has 2 rings (SSSR count). The van der Waals surface area contributed by atoms with Crippen molar-refractivity contribution in [2.75, 3.05) is 25.0 Å². The number of carbonyl (C=O) groups is 1. The Balaban J connectivity index is 1.79. The Morgan fingerprint density at radius 3 is 3.05 bits per heavy atom. The minimum Gasteiger partial charge on any atom is -0.330 e. The van der Waals surface area contributed by atoms with Gasteiger partial charge in [-0.05, 0) is 50.6 Å². The molecule has 1 aromatic rings. The number of rotatable bonds is 6. The maximum atomic E-state index is 12.0. The van der Waals surface area contributed by atoms with E-state index in [9.17, 15) is 4.79 Å². The monoisotopic (exact) mass is 309 g/mol. The summed E-state index contributed by atoms with van der Waals surface area (Å²) < 4.78 is 0. The highest BCUT2D eigenvalue weighted by Crippen LogP contribution is 2.20. The third-order valence-corrected chi connectivity index (χ3v) is 4.22. The van der Waals surface area contributed by atoms with Gasteiger partial charge in [-0.15, -0.1) is 0 Å². The molecule has 1 aliphatic rings. The van der Waals surface area contributed by atoms with Crippen LogP contribution >= 0.6 is 11.6 Å². The molecule has 1 fully saturated rings. The van der Waals surface area contributed by atoms with Crippen LogP contribution in [0.2, 0.25) is 5.02 Å². The summed E-state index contributed by atoms with van der Waals surface area (Å²) in [6.45, 7) is 2.60. The molecule has 1 aromatic carbocycles. The second-order valence-corrected chi connectivity index (χ2v) is 6.01. The summed E-state index contributed by atoms with van der Waals surface area (Å²) in [5.41, 5.74) is 6.43. The fourth-order valence-electron chi connectivity index (χ4n) is 2.91. The van der Waals surface area contributed by atoms with E-state index in [1.165, 1.54) is 19.3 Å². The van der Waals surface area contributed by atoms with Crippen molar-refractivity contribution in [2.24, 2.45) is 5.73 Å². The molecule has 5 heteroatoms. The number of nitrogens with zero attached hydrogens (tertiary/aromatic N) is 1. The first-order valence-electron chi connectivity index (χ1n) is 7.68. The van der Waals surface area contributed by atoms with Gasteiger partial charge in [-0.1, -0.05) is 24.1 Å². The molecule has 1 saturated heterocycles. The molecular formula is C16H24ClN3O. The van der Waals surface area contributed by atoms with Crippen LogP contribution in [0.3, 0.4) is 0 Å². The number of carbonyl (C=O) groups excluding carboxylic acids is 1. The van der Waals surface area contributed by atoms with Crippen LogP contribution in [0, 0.1) is 0 Å². The van der Waals surface area contributed by atoms with Gasteiger partial charge in [0.2, 0.25) is 5.91 Å². The highest BCUT2D eigenvalue weighted by atomic mass is 35.5. The summed E-state index contributed by atoms with van der Waals surface area (Å²) in [7, 11) is 0. The van der Waals surface area contributed by atoms with Gasteiger partial charge < -0.3 is 11.1 Å². The molecule has 0 bridgehead atoms. The van der Waals surface area contributed by atoms with Crippen molar-refractivity contribution in [1.82, 2.24) is 4.90 Å². The Hall–Kier alpha value is -1.10. The zero-order chi connectivity index (χ0) is 15.1. The molecule has 0 radical (unpaired) electrons. The molecule has 4 nitrogen and oxygen atoms in total. The van der Waals surface area contributed by atoms with Crippen LogP contribution in [-0.2, 0) is 4.79 Å². The van der Waals surface area contributed by atoms with Crippen molar-refractivity contribution in [2.45, 2.75) is 38.1 Å². The maximum absolute atomic E-state index is 12.0. The van der Waals surface area contributed by atoms with Crippen molar-refractivity contribution in [1.29, 1.82) is 0 Å².